The number of aldehydes is 1. The highest BCUT2D eigenvalue weighted by atomic mass is 31.2. The van der Waals surface area contributed by atoms with Crippen LogP contribution in [0.1, 0.15) is 271 Å². The molecule has 2 amide bonds. The molecule has 0 aromatic rings. The molecule has 15 nitrogen and oxygen atoms in total. The average molecular weight is 1030 g/mol. The van der Waals surface area contributed by atoms with Crippen LogP contribution in [-0.4, -0.2) is 95.5 Å². The van der Waals surface area contributed by atoms with Crippen molar-refractivity contribution in [2.24, 2.45) is 0 Å². The van der Waals surface area contributed by atoms with Crippen LogP contribution in [0, 0.1) is 0 Å². The van der Waals surface area contributed by atoms with Crippen LogP contribution in [0.3, 0.4) is 0 Å². The molecule has 0 rings (SSSR count). The third-order valence-electron chi connectivity index (χ3n) is 13.0. The maximum Gasteiger partial charge on any atom is 0.469 e. The van der Waals surface area contributed by atoms with Crippen LogP contribution in [0.15, 0.2) is 0 Å². The molecule has 0 aromatic carbocycles. The number of amides is 2. The summed E-state index contributed by atoms with van der Waals surface area (Å²) in [5.74, 6) is -1.82. The standard InChI is InChI=1S/C55H106N3O12P/c1-4-7-10-13-16-19-22-25-29-37-49(60)45-52(61)57-48(36-32-34-42-59)47-56-41-33-28-35-43-68-55(64)51(40-44-69-71(65,66)67)58-53(62)46-50(38-30-26-23-20-17-14-11-8-5-2)70-54(63)39-31-27-24-21-18-15-12-9-6-3/h42,48-51,56,60H,4-41,43-47H2,1-3H3,(H,57,61)(H,58,62)(H2,65,66,67)/t48?,49-,50-,51?/m1/s1. The van der Waals surface area contributed by atoms with Gasteiger partial charge < -0.3 is 45.1 Å². The van der Waals surface area contributed by atoms with Crippen LogP contribution in [0.5, 0.6) is 0 Å². The second kappa shape index (κ2) is 49.8. The molecule has 0 fully saturated rings. The van der Waals surface area contributed by atoms with Crippen LogP contribution in [0.2, 0.25) is 0 Å². The lowest BCUT2D eigenvalue weighted by Gasteiger charge is -2.21. The van der Waals surface area contributed by atoms with Gasteiger partial charge in [-0.1, -0.05) is 181 Å². The summed E-state index contributed by atoms with van der Waals surface area (Å²) in [6.07, 6.45) is 35.2. The molecule has 6 N–H and O–H groups in total. The van der Waals surface area contributed by atoms with E-state index in [1.807, 2.05) is 0 Å². The van der Waals surface area contributed by atoms with Crippen molar-refractivity contribution >= 4 is 37.9 Å². The zero-order valence-electron chi connectivity index (χ0n) is 45.3. The second-order valence-corrected chi connectivity index (χ2v) is 21.3. The van der Waals surface area contributed by atoms with Crippen LogP contribution in [0.4, 0.5) is 0 Å². The first-order chi connectivity index (χ1) is 34.3. The van der Waals surface area contributed by atoms with E-state index in [9.17, 15) is 43.4 Å². The van der Waals surface area contributed by atoms with Crippen LogP contribution in [0.25, 0.3) is 0 Å². The Morgan fingerprint density at radius 2 is 1.04 bits per heavy atom. The normalized spacial score (nSPS) is 13.3. The minimum atomic E-state index is -4.83. The SMILES string of the molecule is CCCCCCCCCCCC(=O)O[C@H](CCCCCCCCCCC)CC(=O)NC(CCOP(=O)(O)O)C(=O)OCCCCCNCC(CCCC=O)NC(=O)C[C@H](O)CCCCCCCCCCC. The summed E-state index contributed by atoms with van der Waals surface area (Å²) in [6, 6.07) is -1.42. The van der Waals surface area contributed by atoms with E-state index in [0.29, 0.717) is 58.0 Å². The molecule has 0 saturated heterocycles. The Hall–Kier alpha value is -2.42. The number of esters is 2. The first-order valence-electron chi connectivity index (χ1n) is 28.8. The number of phosphoric acid groups is 1. The second-order valence-electron chi connectivity index (χ2n) is 20.0. The van der Waals surface area contributed by atoms with Crippen molar-refractivity contribution < 1.29 is 57.4 Å². The van der Waals surface area contributed by atoms with E-state index in [1.54, 1.807) is 0 Å². The third-order valence-corrected chi connectivity index (χ3v) is 13.6. The van der Waals surface area contributed by atoms with Crippen LogP contribution < -0.4 is 16.0 Å². The molecule has 0 aromatic heterocycles. The molecular weight excluding hydrogens is 926 g/mol. The number of ether oxygens (including phenoxy) is 2. The van der Waals surface area contributed by atoms with Crippen LogP contribution >= 0.6 is 7.82 Å². The van der Waals surface area contributed by atoms with Gasteiger partial charge in [0.05, 0.1) is 32.2 Å². The number of carbonyl (C=O) groups excluding carboxylic acids is 5. The fourth-order valence-electron chi connectivity index (χ4n) is 8.75. The number of aliphatic hydroxyl groups excluding tert-OH is 1. The summed E-state index contributed by atoms with van der Waals surface area (Å²) in [5, 5.41) is 19.6. The molecule has 2 unspecified atom stereocenters. The Labute approximate surface area is 431 Å². The molecule has 0 heterocycles. The summed E-state index contributed by atoms with van der Waals surface area (Å²) in [7, 11) is -4.83. The number of phosphoric ester groups is 1. The predicted molar refractivity (Wildman–Crippen MR) is 285 cm³/mol. The van der Waals surface area contributed by atoms with Gasteiger partial charge in [-0.05, 0) is 64.3 Å². The van der Waals surface area contributed by atoms with Gasteiger partial charge in [0.25, 0.3) is 0 Å². The van der Waals surface area contributed by atoms with Gasteiger partial charge >= 0.3 is 19.8 Å². The smallest absolute Gasteiger partial charge is 0.464 e. The van der Waals surface area contributed by atoms with Crippen molar-refractivity contribution in [3.05, 3.63) is 0 Å². The topological polar surface area (TPSA) is 227 Å². The number of nitrogens with one attached hydrogen (secondary N) is 3. The molecule has 16 heteroatoms. The largest absolute Gasteiger partial charge is 0.469 e. The Kier molecular flexibility index (Phi) is 48.1. The average Bonchev–Trinajstić information content (AvgIpc) is 3.32. The third kappa shape index (κ3) is 48.3. The highest BCUT2D eigenvalue weighted by molar-refractivity contribution is 7.46. The summed E-state index contributed by atoms with van der Waals surface area (Å²) >= 11 is 0. The highest BCUT2D eigenvalue weighted by Crippen LogP contribution is 2.35. The van der Waals surface area contributed by atoms with E-state index in [4.69, 9.17) is 9.47 Å². The Morgan fingerprint density at radius 1 is 0.549 bits per heavy atom. The molecule has 418 valence electrons. The van der Waals surface area contributed by atoms with E-state index >= 15 is 0 Å². The van der Waals surface area contributed by atoms with Gasteiger partial charge in [0.1, 0.15) is 18.4 Å². The van der Waals surface area contributed by atoms with Crippen molar-refractivity contribution in [2.45, 2.75) is 295 Å². The molecule has 0 bridgehead atoms. The van der Waals surface area contributed by atoms with Gasteiger partial charge in [-0.25, -0.2) is 9.36 Å². The molecular formula is C55H106N3O12P. The van der Waals surface area contributed by atoms with Crippen molar-refractivity contribution in [3.8, 4) is 0 Å². The van der Waals surface area contributed by atoms with Crippen molar-refractivity contribution in [3.63, 3.8) is 0 Å². The lowest BCUT2D eigenvalue weighted by Crippen LogP contribution is -2.44. The fourth-order valence-corrected chi connectivity index (χ4v) is 9.10. The number of aliphatic hydroxyl groups is 1. The molecule has 0 aliphatic rings. The molecule has 0 aliphatic carbocycles. The summed E-state index contributed by atoms with van der Waals surface area (Å²) in [6.45, 7) is 7.33. The van der Waals surface area contributed by atoms with E-state index in [-0.39, 0.29) is 50.2 Å². The lowest BCUT2D eigenvalue weighted by atomic mass is 10.0. The van der Waals surface area contributed by atoms with Crippen molar-refractivity contribution in [1.29, 1.82) is 0 Å². The van der Waals surface area contributed by atoms with Gasteiger partial charge in [0.2, 0.25) is 11.8 Å². The van der Waals surface area contributed by atoms with Gasteiger partial charge in [-0.15, -0.1) is 0 Å². The van der Waals surface area contributed by atoms with E-state index in [0.717, 1.165) is 83.3 Å². The van der Waals surface area contributed by atoms with Gasteiger partial charge in [-0.2, -0.15) is 0 Å². The number of rotatable bonds is 54. The van der Waals surface area contributed by atoms with Crippen molar-refractivity contribution in [1.82, 2.24) is 16.0 Å². The van der Waals surface area contributed by atoms with E-state index < -0.39 is 44.6 Å². The first-order valence-corrected chi connectivity index (χ1v) is 30.3. The van der Waals surface area contributed by atoms with Gasteiger partial charge in [0, 0.05) is 31.8 Å². The van der Waals surface area contributed by atoms with E-state index in [2.05, 4.69) is 41.2 Å². The first kappa shape index (κ1) is 68.6. The zero-order chi connectivity index (χ0) is 52.5. The Morgan fingerprint density at radius 3 is 1.58 bits per heavy atom. The summed E-state index contributed by atoms with van der Waals surface area (Å²) in [4.78, 5) is 81.9. The maximum absolute atomic E-state index is 13.4. The Balaban J connectivity index is 5.05. The molecule has 4 atom stereocenters. The van der Waals surface area contributed by atoms with Crippen molar-refractivity contribution in [2.75, 3.05) is 26.3 Å². The fraction of sp³-hybridized carbons (Fsp3) is 0.909. The predicted octanol–water partition coefficient (Wildman–Crippen LogP) is 11.9. The number of hydrogen-bond acceptors (Lipinski definition) is 11. The van der Waals surface area contributed by atoms with Gasteiger partial charge in [-0.3, -0.25) is 18.9 Å². The minimum Gasteiger partial charge on any atom is -0.464 e. The Bertz CT molecular complexity index is 1340. The monoisotopic (exact) mass is 1030 g/mol. The zero-order valence-corrected chi connectivity index (χ0v) is 46.1. The van der Waals surface area contributed by atoms with Crippen LogP contribution in [-0.2, 0) is 42.5 Å². The molecule has 0 spiro atoms. The summed E-state index contributed by atoms with van der Waals surface area (Å²) < 4.78 is 27.4. The molecule has 0 aliphatic heterocycles. The maximum atomic E-state index is 13.4. The number of carbonyl (C=O) groups is 5. The molecule has 0 radical (unpaired) electrons. The highest BCUT2D eigenvalue weighted by Gasteiger charge is 2.27. The number of unbranched alkanes of at least 4 members (excludes halogenated alkanes) is 27. The minimum absolute atomic E-state index is 0.0516. The quantitative estimate of drug-likeness (QED) is 0.0144. The van der Waals surface area contributed by atoms with E-state index in [1.165, 1.54) is 103 Å². The lowest BCUT2D eigenvalue weighted by molar-refractivity contribution is -0.153. The molecule has 0 saturated carbocycles. The molecule has 71 heavy (non-hydrogen) atoms. The summed E-state index contributed by atoms with van der Waals surface area (Å²) in [5.41, 5.74) is 0. The number of hydrogen-bond donors (Lipinski definition) is 6. The van der Waals surface area contributed by atoms with Gasteiger partial charge in [0.15, 0.2) is 0 Å².